The molecule has 0 saturated carbocycles. The van der Waals surface area contributed by atoms with Gasteiger partial charge in [0, 0.05) is 69.2 Å². The summed E-state index contributed by atoms with van der Waals surface area (Å²) >= 11 is 0. The van der Waals surface area contributed by atoms with E-state index in [1.807, 2.05) is 0 Å². The number of hydrogen-bond donors (Lipinski definition) is 2. The topological polar surface area (TPSA) is 87.5 Å². The maximum atomic E-state index is 11.9. The Morgan fingerprint density at radius 3 is 2.64 bits per heavy atom. The number of nitrogens with zero attached hydrogens (tertiary/aromatic N) is 2. The van der Waals surface area contributed by atoms with Gasteiger partial charge < -0.3 is 10.6 Å². The van der Waals surface area contributed by atoms with E-state index in [0.29, 0.717) is 5.56 Å². The van der Waals surface area contributed by atoms with Crippen LogP contribution in [0, 0.1) is 10.1 Å². The van der Waals surface area contributed by atoms with Crippen LogP contribution in [0.1, 0.15) is 10.4 Å². The molecule has 1 heterocycles. The van der Waals surface area contributed by atoms with Gasteiger partial charge in [-0.2, -0.15) is 0 Å². The molecule has 22 heavy (non-hydrogen) atoms. The summed E-state index contributed by atoms with van der Waals surface area (Å²) in [5.41, 5.74) is 0.417. The number of non-ortho nitro benzene ring substituents is 1. The van der Waals surface area contributed by atoms with Crippen molar-refractivity contribution in [2.75, 3.05) is 39.3 Å². The van der Waals surface area contributed by atoms with E-state index in [4.69, 9.17) is 0 Å². The molecule has 2 rings (SSSR count). The van der Waals surface area contributed by atoms with E-state index >= 15 is 0 Å². The van der Waals surface area contributed by atoms with Crippen LogP contribution in [0.3, 0.4) is 0 Å². The van der Waals surface area contributed by atoms with Gasteiger partial charge in [-0.15, -0.1) is 0 Å². The monoisotopic (exact) mass is 304 g/mol. The molecule has 7 heteroatoms. The van der Waals surface area contributed by atoms with Gasteiger partial charge in [-0.1, -0.05) is 0 Å². The summed E-state index contributed by atoms with van der Waals surface area (Å²) in [4.78, 5) is 24.3. The van der Waals surface area contributed by atoms with E-state index in [-0.39, 0.29) is 11.5 Å². The van der Waals surface area contributed by atoms with Crippen LogP contribution in [0.25, 0.3) is 0 Å². The number of allylic oxidation sites excluding steroid dienone is 1. The highest BCUT2D eigenvalue weighted by atomic mass is 16.6. The predicted molar refractivity (Wildman–Crippen MR) is 83.9 cm³/mol. The predicted octanol–water partition coefficient (Wildman–Crippen LogP) is 0.786. The van der Waals surface area contributed by atoms with Crippen molar-refractivity contribution < 1.29 is 9.72 Å². The molecule has 1 aliphatic heterocycles. The second kappa shape index (κ2) is 8.26. The number of benzene rings is 1. The molecule has 1 aromatic carbocycles. The molecule has 1 saturated heterocycles. The first kappa shape index (κ1) is 16.1. The number of carbonyl (C=O) groups excluding carboxylic acids is 1. The number of piperazine rings is 1. The molecule has 0 amide bonds. The van der Waals surface area contributed by atoms with E-state index in [1.165, 1.54) is 30.3 Å². The van der Waals surface area contributed by atoms with Gasteiger partial charge in [-0.05, 0) is 12.1 Å². The van der Waals surface area contributed by atoms with Gasteiger partial charge in [0.1, 0.15) is 0 Å². The van der Waals surface area contributed by atoms with Crippen molar-refractivity contribution >= 4 is 11.5 Å². The first-order valence-electron chi connectivity index (χ1n) is 7.28. The van der Waals surface area contributed by atoms with Gasteiger partial charge >= 0.3 is 0 Å². The minimum Gasteiger partial charge on any atom is -0.389 e. The Morgan fingerprint density at radius 1 is 1.32 bits per heavy atom. The number of nitro benzene ring substituents is 1. The van der Waals surface area contributed by atoms with Gasteiger partial charge in [-0.3, -0.25) is 19.8 Å². The number of carbonyl (C=O) groups is 1. The van der Waals surface area contributed by atoms with Gasteiger partial charge in [0.15, 0.2) is 5.78 Å². The highest BCUT2D eigenvalue weighted by Crippen LogP contribution is 2.12. The SMILES string of the molecule is O=C(/C=C/NCCN1CCNCC1)c1ccc([N+](=O)[O-])cc1. The summed E-state index contributed by atoms with van der Waals surface area (Å²) in [7, 11) is 0. The third-order valence-corrected chi connectivity index (χ3v) is 3.50. The van der Waals surface area contributed by atoms with Gasteiger partial charge in [0.2, 0.25) is 0 Å². The molecule has 1 fully saturated rings. The van der Waals surface area contributed by atoms with Gasteiger partial charge in [0.05, 0.1) is 4.92 Å². The first-order chi connectivity index (χ1) is 10.7. The Labute approximate surface area is 129 Å². The second-order valence-electron chi connectivity index (χ2n) is 5.05. The number of rotatable bonds is 7. The smallest absolute Gasteiger partial charge is 0.269 e. The van der Waals surface area contributed by atoms with Crippen molar-refractivity contribution in [1.29, 1.82) is 0 Å². The fraction of sp³-hybridized carbons (Fsp3) is 0.400. The number of nitro groups is 1. The molecular weight excluding hydrogens is 284 g/mol. The molecule has 0 unspecified atom stereocenters. The van der Waals surface area contributed by atoms with Crippen LogP contribution in [0.2, 0.25) is 0 Å². The normalized spacial score (nSPS) is 15.8. The van der Waals surface area contributed by atoms with Crippen molar-refractivity contribution in [3.8, 4) is 0 Å². The summed E-state index contributed by atoms with van der Waals surface area (Å²) in [5, 5.41) is 16.9. The van der Waals surface area contributed by atoms with Crippen LogP contribution in [-0.4, -0.2) is 54.9 Å². The molecule has 1 aromatic rings. The molecule has 2 N–H and O–H groups in total. The zero-order valence-electron chi connectivity index (χ0n) is 12.3. The molecule has 1 aliphatic rings. The molecule has 118 valence electrons. The van der Waals surface area contributed by atoms with E-state index < -0.39 is 4.92 Å². The van der Waals surface area contributed by atoms with Crippen molar-refractivity contribution in [3.63, 3.8) is 0 Å². The fourth-order valence-corrected chi connectivity index (χ4v) is 2.22. The van der Waals surface area contributed by atoms with E-state index in [1.54, 1.807) is 6.20 Å². The van der Waals surface area contributed by atoms with Crippen LogP contribution >= 0.6 is 0 Å². The maximum absolute atomic E-state index is 11.9. The average molecular weight is 304 g/mol. The Balaban J connectivity index is 1.72. The number of nitrogens with one attached hydrogen (secondary N) is 2. The third kappa shape index (κ3) is 4.94. The van der Waals surface area contributed by atoms with Crippen LogP contribution in [0.15, 0.2) is 36.5 Å². The van der Waals surface area contributed by atoms with E-state index in [9.17, 15) is 14.9 Å². The standard InChI is InChI=1S/C15H20N4O3/c20-15(13-1-3-14(4-2-13)19(21)22)5-6-16-7-10-18-11-8-17-9-12-18/h1-6,16-17H,7-12H2/b6-5+. The van der Waals surface area contributed by atoms with Crippen LogP contribution in [-0.2, 0) is 0 Å². The quantitative estimate of drug-likeness (QED) is 0.254. The maximum Gasteiger partial charge on any atom is 0.269 e. The molecule has 0 aromatic heterocycles. The highest BCUT2D eigenvalue weighted by molar-refractivity contribution is 6.04. The zero-order chi connectivity index (χ0) is 15.8. The Bertz CT molecular complexity index is 536. The summed E-state index contributed by atoms with van der Waals surface area (Å²) in [6.45, 7) is 5.87. The summed E-state index contributed by atoms with van der Waals surface area (Å²) < 4.78 is 0. The summed E-state index contributed by atoms with van der Waals surface area (Å²) in [6, 6.07) is 5.59. The molecule has 0 radical (unpaired) electrons. The highest BCUT2D eigenvalue weighted by Gasteiger charge is 2.08. The van der Waals surface area contributed by atoms with Crippen molar-refractivity contribution in [2.45, 2.75) is 0 Å². The molecule has 0 atom stereocenters. The lowest BCUT2D eigenvalue weighted by Gasteiger charge is -2.26. The van der Waals surface area contributed by atoms with Crippen LogP contribution in [0.4, 0.5) is 5.69 Å². The van der Waals surface area contributed by atoms with Gasteiger partial charge in [0.25, 0.3) is 5.69 Å². The molecule has 0 spiro atoms. The lowest BCUT2D eigenvalue weighted by atomic mass is 10.1. The van der Waals surface area contributed by atoms with E-state index in [0.717, 1.165) is 39.3 Å². The Hall–Kier alpha value is -2.25. The number of ketones is 1. The Kier molecular flexibility index (Phi) is 6.05. The summed E-state index contributed by atoms with van der Waals surface area (Å²) in [5.74, 6) is -0.176. The second-order valence-corrected chi connectivity index (χ2v) is 5.05. The zero-order valence-corrected chi connectivity index (χ0v) is 12.3. The molecule has 0 bridgehead atoms. The third-order valence-electron chi connectivity index (χ3n) is 3.50. The molecule has 7 nitrogen and oxygen atoms in total. The van der Waals surface area contributed by atoms with Crippen molar-refractivity contribution in [3.05, 3.63) is 52.2 Å². The minimum absolute atomic E-state index is 0.0188. The van der Waals surface area contributed by atoms with Crippen LogP contribution < -0.4 is 10.6 Å². The lowest BCUT2D eigenvalue weighted by molar-refractivity contribution is -0.384. The van der Waals surface area contributed by atoms with Crippen LogP contribution in [0.5, 0.6) is 0 Å². The lowest BCUT2D eigenvalue weighted by Crippen LogP contribution is -2.45. The summed E-state index contributed by atoms with van der Waals surface area (Å²) in [6.07, 6.45) is 3.07. The van der Waals surface area contributed by atoms with Gasteiger partial charge in [-0.25, -0.2) is 0 Å². The average Bonchev–Trinajstić information content (AvgIpc) is 2.55. The fourth-order valence-electron chi connectivity index (χ4n) is 2.22. The first-order valence-corrected chi connectivity index (χ1v) is 7.28. The number of hydrogen-bond acceptors (Lipinski definition) is 6. The largest absolute Gasteiger partial charge is 0.389 e. The minimum atomic E-state index is -0.484. The van der Waals surface area contributed by atoms with Crippen molar-refractivity contribution in [1.82, 2.24) is 15.5 Å². The molecule has 0 aliphatic carbocycles. The Morgan fingerprint density at radius 2 is 2.00 bits per heavy atom. The van der Waals surface area contributed by atoms with E-state index in [2.05, 4.69) is 15.5 Å². The molecular formula is C15H20N4O3. The van der Waals surface area contributed by atoms with Crippen molar-refractivity contribution in [2.24, 2.45) is 0 Å².